The highest BCUT2D eigenvalue weighted by atomic mass is 16.5. The van der Waals surface area contributed by atoms with Crippen LogP contribution >= 0.6 is 0 Å². The lowest BCUT2D eigenvalue weighted by molar-refractivity contribution is -0.0901. The summed E-state index contributed by atoms with van der Waals surface area (Å²) in [5.74, 6) is 0.149. The van der Waals surface area contributed by atoms with Crippen molar-refractivity contribution in [1.82, 2.24) is 24.7 Å². The van der Waals surface area contributed by atoms with Crippen molar-refractivity contribution in [2.45, 2.75) is 56.0 Å². The van der Waals surface area contributed by atoms with Gasteiger partial charge >= 0.3 is 5.76 Å². The summed E-state index contributed by atoms with van der Waals surface area (Å²) in [4.78, 5) is 29.8. The third-order valence-corrected chi connectivity index (χ3v) is 7.57. The average Bonchev–Trinajstić information content (AvgIpc) is 3.61. The summed E-state index contributed by atoms with van der Waals surface area (Å²) in [6.45, 7) is 1.06. The first-order valence-electron chi connectivity index (χ1n) is 14.1. The number of hydrogen-bond donors (Lipinski definition) is 2. The Morgan fingerprint density at radius 1 is 1.31 bits per heavy atom. The second-order valence-electron chi connectivity index (χ2n) is 10.3. The quantitative estimate of drug-likeness (QED) is 0.198. The van der Waals surface area contributed by atoms with E-state index in [1.807, 2.05) is 48.9 Å². The van der Waals surface area contributed by atoms with Crippen molar-refractivity contribution in [2.24, 2.45) is 9.98 Å². The number of ether oxygens (including phenoxy) is 2. The SMILES string of the molecule is CN=CC(C=NC1=CCC=C=CC=C1)c1cnn2c(N)cc(C3CCC(OCCCOC)(c4nc(=O)o[nH]4)CC3)nc12. The van der Waals surface area contributed by atoms with Crippen LogP contribution in [0.5, 0.6) is 0 Å². The number of aromatic amines is 1. The Morgan fingerprint density at radius 3 is 2.93 bits per heavy atom. The molecule has 2 aliphatic rings. The van der Waals surface area contributed by atoms with E-state index in [0.29, 0.717) is 43.3 Å². The number of nitrogens with one attached hydrogen (secondary N) is 1. The lowest BCUT2D eigenvalue weighted by Crippen LogP contribution is -2.36. The van der Waals surface area contributed by atoms with Crippen LogP contribution in [0.15, 0.2) is 73.4 Å². The van der Waals surface area contributed by atoms with Gasteiger partial charge in [0.25, 0.3) is 0 Å². The minimum absolute atomic E-state index is 0.132. The van der Waals surface area contributed by atoms with E-state index in [2.05, 4.69) is 26.0 Å². The number of nitrogen functional groups attached to an aromatic ring is 1. The third kappa shape index (κ3) is 6.57. The number of aliphatic imine (C=N–C) groups is 2. The van der Waals surface area contributed by atoms with Crippen molar-refractivity contribution in [1.29, 1.82) is 0 Å². The normalized spacial score (nSPS) is 21.8. The maximum Gasteiger partial charge on any atom is 0.459 e. The molecule has 3 aromatic heterocycles. The molecule has 1 saturated carbocycles. The molecule has 0 aromatic carbocycles. The monoisotopic (exact) mass is 572 g/mol. The number of hydrogen-bond acceptors (Lipinski definition) is 10. The van der Waals surface area contributed by atoms with Gasteiger partial charge in [0.15, 0.2) is 11.5 Å². The molecule has 0 radical (unpaired) electrons. The molecule has 3 aromatic rings. The van der Waals surface area contributed by atoms with Crippen LogP contribution in [-0.4, -0.2) is 64.5 Å². The fraction of sp³-hybridized carbons (Fsp3) is 0.433. The number of rotatable bonds is 11. The number of aromatic nitrogens is 5. The van der Waals surface area contributed by atoms with Gasteiger partial charge in [-0.3, -0.25) is 9.98 Å². The molecule has 3 heterocycles. The maximum absolute atomic E-state index is 11.7. The molecule has 42 heavy (non-hydrogen) atoms. The molecule has 12 nitrogen and oxygen atoms in total. The number of fused-ring (bicyclic) bond motifs is 1. The second kappa shape index (κ2) is 13.5. The molecule has 0 bridgehead atoms. The molecule has 220 valence electrons. The highest BCUT2D eigenvalue weighted by Gasteiger charge is 2.42. The molecule has 1 fully saturated rings. The van der Waals surface area contributed by atoms with Crippen LogP contribution in [0.3, 0.4) is 0 Å². The van der Waals surface area contributed by atoms with E-state index in [-0.39, 0.29) is 11.8 Å². The van der Waals surface area contributed by atoms with Crippen LogP contribution in [0, 0.1) is 0 Å². The van der Waals surface area contributed by atoms with Crippen LogP contribution in [0.25, 0.3) is 5.65 Å². The number of nitrogens with two attached hydrogens (primary N) is 1. The van der Waals surface area contributed by atoms with E-state index in [1.165, 1.54) is 0 Å². The lowest BCUT2D eigenvalue weighted by atomic mass is 9.76. The molecule has 0 saturated heterocycles. The van der Waals surface area contributed by atoms with E-state index in [1.54, 1.807) is 24.9 Å². The minimum atomic E-state index is -0.737. The maximum atomic E-state index is 11.7. The standard InChI is InChI=1S/C30H36N8O4/c1-32-18-22(19-33-23-9-6-4-3-5-7-10-23)24-20-34-38-26(31)17-25(35-27(24)38)21-11-13-30(14-12-21,41-16-8-15-40-2)28-36-29(39)42-37-28/h4-6,9-10,17-22H,7-8,11-16,31H2,1-2H3,(H,36,37,39). The average molecular weight is 573 g/mol. The summed E-state index contributed by atoms with van der Waals surface area (Å²) in [6.07, 6.45) is 19.4. The van der Waals surface area contributed by atoms with Gasteiger partial charge in [0, 0.05) is 56.4 Å². The Balaban J connectivity index is 1.39. The summed E-state index contributed by atoms with van der Waals surface area (Å²) in [6, 6.07) is 1.89. The summed E-state index contributed by atoms with van der Waals surface area (Å²) in [7, 11) is 3.39. The zero-order valence-corrected chi connectivity index (χ0v) is 23.9. The number of methoxy groups -OCH3 is 1. The van der Waals surface area contributed by atoms with Crippen molar-refractivity contribution in [3.63, 3.8) is 0 Å². The second-order valence-corrected chi connectivity index (χ2v) is 10.3. The fourth-order valence-corrected chi connectivity index (χ4v) is 5.40. The molecule has 5 rings (SSSR count). The first-order chi connectivity index (χ1) is 20.5. The van der Waals surface area contributed by atoms with E-state index in [0.717, 1.165) is 42.6 Å². The minimum Gasteiger partial charge on any atom is -0.385 e. The molecule has 3 N–H and O–H groups in total. The Labute approximate surface area is 243 Å². The largest absolute Gasteiger partial charge is 0.459 e. The Bertz CT molecular complexity index is 1610. The third-order valence-electron chi connectivity index (χ3n) is 7.57. The first kappa shape index (κ1) is 29.1. The van der Waals surface area contributed by atoms with Gasteiger partial charge in [-0.1, -0.05) is 12.2 Å². The van der Waals surface area contributed by atoms with Crippen molar-refractivity contribution < 1.29 is 14.0 Å². The first-order valence-corrected chi connectivity index (χ1v) is 14.1. The molecule has 0 amide bonds. The summed E-state index contributed by atoms with van der Waals surface area (Å²) in [5, 5.41) is 7.19. The lowest BCUT2D eigenvalue weighted by Gasteiger charge is -2.38. The van der Waals surface area contributed by atoms with Crippen molar-refractivity contribution in [2.75, 3.05) is 33.1 Å². The molecule has 0 spiro atoms. The smallest absolute Gasteiger partial charge is 0.385 e. The zero-order chi connectivity index (χ0) is 29.4. The van der Waals surface area contributed by atoms with E-state index in [4.69, 9.17) is 29.7 Å². The molecule has 2 aliphatic carbocycles. The topological polar surface area (TPSA) is 158 Å². The van der Waals surface area contributed by atoms with Crippen molar-refractivity contribution >= 4 is 23.9 Å². The van der Waals surface area contributed by atoms with Gasteiger partial charge in [0.05, 0.1) is 24.4 Å². The van der Waals surface area contributed by atoms with Crippen molar-refractivity contribution in [3.05, 3.63) is 81.7 Å². The fourth-order valence-electron chi connectivity index (χ4n) is 5.40. The Morgan fingerprint density at radius 2 is 2.17 bits per heavy atom. The number of H-pyrrole nitrogens is 1. The van der Waals surface area contributed by atoms with Crippen molar-refractivity contribution in [3.8, 4) is 0 Å². The highest BCUT2D eigenvalue weighted by molar-refractivity contribution is 5.92. The van der Waals surface area contributed by atoms with Crippen LogP contribution in [0.4, 0.5) is 5.82 Å². The van der Waals surface area contributed by atoms with Gasteiger partial charge < -0.3 is 19.7 Å². The zero-order valence-electron chi connectivity index (χ0n) is 23.9. The Hall–Kier alpha value is -4.38. The van der Waals surface area contributed by atoms with E-state index >= 15 is 0 Å². The molecular weight excluding hydrogens is 536 g/mol. The molecule has 12 heteroatoms. The molecule has 0 aliphatic heterocycles. The predicted molar refractivity (Wildman–Crippen MR) is 160 cm³/mol. The van der Waals surface area contributed by atoms with Gasteiger partial charge in [0.2, 0.25) is 0 Å². The number of nitrogens with zero attached hydrogens (tertiary/aromatic N) is 6. The summed E-state index contributed by atoms with van der Waals surface area (Å²) in [5.41, 5.74) is 12.1. The van der Waals surface area contributed by atoms with Gasteiger partial charge in [0.1, 0.15) is 11.4 Å². The van der Waals surface area contributed by atoms with Crippen LogP contribution in [-0.2, 0) is 15.1 Å². The van der Waals surface area contributed by atoms with Gasteiger partial charge in [-0.05, 0) is 56.8 Å². The molecular formula is C30H36N8O4. The highest BCUT2D eigenvalue weighted by Crippen LogP contribution is 2.44. The van der Waals surface area contributed by atoms with Gasteiger partial charge in [-0.15, -0.1) is 5.73 Å². The number of anilines is 1. The van der Waals surface area contributed by atoms with Crippen LogP contribution in [0.1, 0.15) is 67.4 Å². The van der Waals surface area contributed by atoms with Gasteiger partial charge in [-0.25, -0.2) is 9.78 Å². The van der Waals surface area contributed by atoms with E-state index in [9.17, 15) is 4.79 Å². The predicted octanol–water partition coefficient (Wildman–Crippen LogP) is 4.00. The molecule has 1 atom stereocenters. The summed E-state index contributed by atoms with van der Waals surface area (Å²) >= 11 is 0. The van der Waals surface area contributed by atoms with Crippen LogP contribution in [0.2, 0.25) is 0 Å². The van der Waals surface area contributed by atoms with Gasteiger partial charge in [-0.2, -0.15) is 19.8 Å². The van der Waals surface area contributed by atoms with E-state index < -0.39 is 11.4 Å². The summed E-state index contributed by atoms with van der Waals surface area (Å²) < 4.78 is 18.0. The Kier molecular flexibility index (Phi) is 9.38. The number of allylic oxidation sites excluding steroid dienone is 4. The molecule has 1 unspecified atom stereocenters. The van der Waals surface area contributed by atoms with Crippen LogP contribution < -0.4 is 11.5 Å².